The van der Waals surface area contributed by atoms with Crippen LogP contribution in [0.5, 0.6) is 0 Å². The second-order valence-corrected chi connectivity index (χ2v) is 4.59. The predicted octanol–water partition coefficient (Wildman–Crippen LogP) is 0.725. The Hall–Kier alpha value is -1.39. The van der Waals surface area contributed by atoms with Crippen LogP contribution in [-0.4, -0.2) is 36.3 Å². The largest absolute Gasteiger partial charge is 0.469 e. The molecule has 5 heteroatoms. The first-order valence-electron chi connectivity index (χ1n) is 5.30. The van der Waals surface area contributed by atoms with E-state index in [1.165, 1.54) is 12.0 Å². The minimum absolute atomic E-state index is 0.151. The van der Waals surface area contributed by atoms with Gasteiger partial charge in [0, 0.05) is 19.4 Å². The van der Waals surface area contributed by atoms with E-state index in [9.17, 15) is 14.4 Å². The number of carbonyl (C=O) groups excluding carboxylic acids is 3. The van der Waals surface area contributed by atoms with Gasteiger partial charge in [-0.1, -0.05) is 13.8 Å². The number of rotatable bonds is 4. The quantitative estimate of drug-likeness (QED) is 0.524. The van der Waals surface area contributed by atoms with Crippen molar-refractivity contribution >= 4 is 17.8 Å². The Bertz CT molecular complexity index is 322. The molecule has 0 aromatic rings. The van der Waals surface area contributed by atoms with Crippen molar-refractivity contribution in [3.63, 3.8) is 0 Å². The monoisotopic (exact) mass is 227 g/mol. The topological polar surface area (TPSA) is 63.7 Å². The Morgan fingerprint density at radius 2 is 2.06 bits per heavy atom. The molecular formula is C11H17NO4. The van der Waals surface area contributed by atoms with Gasteiger partial charge in [0.15, 0.2) is 0 Å². The second-order valence-electron chi connectivity index (χ2n) is 4.59. The van der Waals surface area contributed by atoms with Crippen LogP contribution in [0, 0.1) is 5.41 Å². The number of imide groups is 1. The summed E-state index contributed by atoms with van der Waals surface area (Å²) in [6.45, 7) is 3.82. The second kappa shape index (κ2) is 4.63. The smallest absolute Gasteiger partial charge is 0.305 e. The SMILES string of the molecule is COC(=O)CCCN1C(=O)CC(C)(C)C1=O. The van der Waals surface area contributed by atoms with Crippen LogP contribution in [0.3, 0.4) is 0 Å². The van der Waals surface area contributed by atoms with Crippen molar-refractivity contribution in [2.45, 2.75) is 33.1 Å². The first-order valence-corrected chi connectivity index (χ1v) is 5.30. The van der Waals surface area contributed by atoms with Crippen molar-refractivity contribution in [3.05, 3.63) is 0 Å². The van der Waals surface area contributed by atoms with Gasteiger partial charge < -0.3 is 4.74 Å². The number of methoxy groups -OCH3 is 1. The molecule has 0 unspecified atom stereocenters. The van der Waals surface area contributed by atoms with E-state index in [0.29, 0.717) is 13.0 Å². The molecule has 1 fully saturated rings. The van der Waals surface area contributed by atoms with Gasteiger partial charge in [0.1, 0.15) is 0 Å². The highest BCUT2D eigenvalue weighted by atomic mass is 16.5. The van der Waals surface area contributed by atoms with Crippen LogP contribution >= 0.6 is 0 Å². The molecule has 90 valence electrons. The molecule has 0 aromatic heterocycles. The van der Waals surface area contributed by atoms with E-state index < -0.39 is 5.41 Å². The van der Waals surface area contributed by atoms with Crippen LogP contribution in [0.1, 0.15) is 33.1 Å². The lowest BCUT2D eigenvalue weighted by Gasteiger charge is -2.17. The standard InChI is InChI=1S/C11H17NO4/c1-11(2)7-8(13)12(10(11)15)6-4-5-9(14)16-3/h4-7H2,1-3H3. The third-order valence-corrected chi connectivity index (χ3v) is 2.71. The van der Waals surface area contributed by atoms with Crippen LogP contribution in [0.25, 0.3) is 0 Å². The fourth-order valence-electron chi connectivity index (χ4n) is 1.74. The lowest BCUT2D eigenvalue weighted by molar-refractivity contribution is -0.144. The van der Waals surface area contributed by atoms with E-state index >= 15 is 0 Å². The maximum atomic E-state index is 11.8. The third-order valence-electron chi connectivity index (χ3n) is 2.71. The molecule has 16 heavy (non-hydrogen) atoms. The predicted molar refractivity (Wildman–Crippen MR) is 56.4 cm³/mol. The number of amides is 2. The van der Waals surface area contributed by atoms with Gasteiger partial charge in [-0.3, -0.25) is 19.3 Å². The molecule has 0 bridgehead atoms. The molecule has 0 spiro atoms. The van der Waals surface area contributed by atoms with Gasteiger partial charge in [0.25, 0.3) is 0 Å². The van der Waals surface area contributed by atoms with Crippen LogP contribution in [-0.2, 0) is 19.1 Å². The lowest BCUT2D eigenvalue weighted by Crippen LogP contribution is -2.34. The van der Waals surface area contributed by atoms with Gasteiger partial charge in [-0.25, -0.2) is 0 Å². The van der Waals surface area contributed by atoms with Gasteiger partial charge in [0.05, 0.1) is 12.5 Å². The maximum Gasteiger partial charge on any atom is 0.305 e. The fourth-order valence-corrected chi connectivity index (χ4v) is 1.74. The van der Waals surface area contributed by atoms with Crippen molar-refractivity contribution in [1.29, 1.82) is 0 Å². The summed E-state index contributed by atoms with van der Waals surface area (Å²) in [6.07, 6.45) is 0.943. The average Bonchev–Trinajstić information content (AvgIpc) is 2.39. The van der Waals surface area contributed by atoms with Crippen LogP contribution < -0.4 is 0 Å². The summed E-state index contributed by atoms with van der Waals surface area (Å²) < 4.78 is 4.48. The van der Waals surface area contributed by atoms with E-state index in [2.05, 4.69) is 4.74 Å². The van der Waals surface area contributed by atoms with E-state index in [4.69, 9.17) is 0 Å². The Kier molecular flexibility index (Phi) is 3.67. The molecule has 1 aliphatic rings. The van der Waals surface area contributed by atoms with Crippen molar-refractivity contribution in [1.82, 2.24) is 4.90 Å². The molecule has 2 amide bonds. The van der Waals surface area contributed by atoms with Crippen LogP contribution in [0.4, 0.5) is 0 Å². The fraction of sp³-hybridized carbons (Fsp3) is 0.727. The Morgan fingerprint density at radius 1 is 1.44 bits per heavy atom. The molecular weight excluding hydrogens is 210 g/mol. The highest BCUT2D eigenvalue weighted by Crippen LogP contribution is 2.31. The summed E-state index contributed by atoms with van der Waals surface area (Å²) in [5.41, 5.74) is -0.595. The molecule has 5 nitrogen and oxygen atoms in total. The first-order chi connectivity index (χ1) is 7.38. The lowest BCUT2D eigenvalue weighted by atomic mass is 9.92. The molecule has 1 saturated heterocycles. The number of nitrogens with zero attached hydrogens (tertiary/aromatic N) is 1. The van der Waals surface area contributed by atoms with Crippen molar-refractivity contribution < 1.29 is 19.1 Å². The van der Waals surface area contributed by atoms with E-state index in [1.807, 2.05) is 0 Å². The summed E-state index contributed by atoms with van der Waals surface area (Å²) in [5.74, 6) is -0.624. The average molecular weight is 227 g/mol. The summed E-state index contributed by atoms with van der Waals surface area (Å²) in [6, 6.07) is 0. The molecule has 1 aliphatic heterocycles. The van der Waals surface area contributed by atoms with Gasteiger partial charge in [-0.2, -0.15) is 0 Å². The highest BCUT2D eigenvalue weighted by molar-refractivity contribution is 6.05. The van der Waals surface area contributed by atoms with Gasteiger partial charge in [-0.15, -0.1) is 0 Å². The third kappa shape index (κ3) is 2.59. The van der Waals surface area contributed by atoms with Crippen molar-refractivity contribution in [2.24, 2.45) is 5.41 Å². The molecule has 0 N–H and O–H groups in total. The zero-order valence-electron chi connectivity index (χ0n) is 9.91. The molecule has 0 atom stereocenters. The molecule has 0 aliphatic carbocycles. The molecule has 1 heterocycles. The number of ether oxygens (including phenoxy) is 1. The number of esters is 1. The first kappa shape index (κ1) is 12.7. The number of hydrogen-bond donors (Lipinski definition) is 0. The van der Waals surface area contributed by atoms with Crippen molar-refractivity contribution in [3.8, 4) is 0 Å². The van der Waals surface area contributed by atoms with E-state index in [-0.39, 0.29) is 30.6 Å². The zero-order chi connectivity index (χ0) is 12.3. The van der Waals surface area contributed by atoms with E-state index in [1.54, 1.807) is 13.8 Å². The number of carbonyl (C=O) groups is 3. The van der Waals surface area contributed by atoms with Crippen LogP contribution in [0.15, 0.2) is 0 Å². The van der Waals surface area contributed by atoms with Gasteiger partial charge >= 0.3 is 5.97 Å². The summed E-state index contributed by atoms with van der Waals surface area (Å²) in [7, 11) is 1.32. The summed E-state index contributed by atoms with van der Waals surface area (Å²) in [5, 5.41) is 0. The Labute approximate surface area is 94.7 Å². The van der Waals surface area contributed by atoms with Crippen LogP contribution in [0.2, 0.25) is 0 Å². The van der Waals surface area contributed by atoms with Crippen molar-refractivity contribution in [2.75, 3.05) is 13.7 Å². The molecule has 1 rings (SSSR count). The maximum absolute atomic E-state index is 11.8. The van der Waals surface area contributed by atoms with E-state index in [0.717, 1.165) is 0 Å². The normalized spacial score (nSPS) is 19.1. The van der Waals surface area contributed by atoms with Gasteiger partial charge in [0.2, 0.25) is 11.8 Å². The Balaban J connectivity index is 2.47. The highest BCUT2D eigenvalue weighted by Gasteiger charge is 2.44. The summed E-state index contributed by atoms with van der Waals surface area (Å²) in [4.78, 5) is 35.4. The molecule has 0 radical (unpaired) electrons. The minimum atomic E-state index is -0.595. The molecule has 0 saturated carbocycles. The minimum Gasteiger partial charge on any atom is -0.469 e. The Morgan fingerprint density at radius 3 is 2.50 bits per heavy atom. The van der Waals surface area contributed by atoms with Gasteiger partial charge in [-0.05, 0) is 6.42 Å². The molecule has 0 aromatic carbocycles. The zero-order valence-corrected chi connectivity index (χ0v) is 9.91. The summed E-state index contributed by atoms with van der Waals surface area (Å²) >= 11 is 0. The number of hydrogen-bond acceptors (Lipinski definition) is 4. The number of likely N-dealkylation sites (tertiary alicyclic amines) is 1.